The van der Waals surface area contributed by atoms with E-state index < -0.39 is 10.0 Å². The van der Waals surface area contributed by atoms with Gasteiger partial charge < -0.3 is 14.6 Å². The molecule has 11 heteroatoms. The average Bonchev–Trinajstić information content (AvgIpc) is 3.34. The molecule has 4 aromatic heterocycles. The van der Waals surface area contributed by atoms with Crippen LogP contribution < -0.4 is 4.90 Å². The summed E-state index contributed by atoms with van der Waals surface area (Å²) >= 11 is 0. The molecule has 4 aromatic rings. The number of ether oxygens (including phenoxy) is 1. The smallest absolute Gasteiger partial charge is 0.238 e. The predicted molar refractivity (Wildman–Crippen MR) is 108 cm³/mol. The Morgan fingerprint density at radius 1 is 1.28 bits per heavy atom. The van der Waals surface area contributed by atoms with E-state index in [0.717, 1.165) is 21.1 Å². The van der Waals surface area contributed by atoms with Gasteiger partial charge in [-0.15, -0.1) is 0 Å². The van der Waals surface area contributed by atoms with Gasteiger partial charge >= 0.3 is 0 Å². The number of H-pyrrole nitrogens is 1. The van der Waals surface area contributed by atoms with E-state index in [1.165, 1.54) is 6.33 Å². The number of anilines is 1. The molecular weight excluding hydrogens is 394 g/mol. The van der Waals surface area contributed by atoms with Crippen LogP contribution in [0.5, 0.6) is 0 Å². The number of nitrogens with zero attached hydrogens (tertiary/aromatic N) is 6. The number of hydrogen-bond donors (Lipinski definition) is 1. The van der Waals surface area contributed by atoms with Crippen LogP contribution in [-0.4, -0.2) is 69.4 Å². The summed E-state index contributed by atoms with van der Waals surface area (Å²) in [6.45, 7) is 3.79. The molecule has 29 heavy (non-hydrogen) atoms. The fourth-order valence-electron chi connectivity index (χ4n) is 3.63. The van der Waals surface area contributed by atoms with Gasteiger partial charge in [0.05, 0.1) is 37.2 Å². The third-order valence-corrected chi connectivity index (χ3v) is 6.04. The van der Waals surface area contributed by atoms with Crippen molar-refractivity contribution in [2.24, 2.45) is 0 Å². The van der Waals surface area contributed by atoms with Crippen molar-refractivity contribution in [3.05, 3.63) is 31.0 Å². The highest BCUT2D eigenvalue weighted by atomic mass is 32.2. The van der Waals surface area contributed by atoms with Crippen LogP contribution in [0.1, 0.15) is 6.92 Å². The number of rotatable bonds is 3. The predicted octanol–water partition coefficient (Wildman–Crippen LogP) is 1.40. The molecule has 0 aromatic carbocycles. The van der Waals surface area contributed by atoms with E-state index in [-0.39, 0.29) is 11.7 Å². The third kappa shape index (κ3) is 2.93. The number of nitrogens with one attached hydrogen (secondary N) is 1. The van der Waals surface area contributed by atoms with Gasteiger partial charge in [0.15, 0.2) is 22.8 Å². The molecule has 1 aliphatic heterocycles. The van der Waals surface area contributed by atoms with Gasteiger partial charge in [-0.05, 0) is 13.0 Å². The Morgan fingerprint density at radius 3 is 2.93 bits per heavy atom. The Balaban J connectivity index is 1.82. The standard InChI is InChI=1S/C18H19N7O3S/c1-11-9-28-6-5-24(11)17-15-18(25(10-21-15)29(2,26)27)23-16(22-17)13-7-19-8-14-12(13)3-4-20-14/h3-4,7-8,10-11,20H,5-6,9H2,1-2H3/t11-/m1/s1. The van der Waals surface area contributed by atoms with Gasteiger partial charge in [0.1, 0.15) is 6.33 Å². The third-order valence-electron chi connectivity index (χ3n) is 5.06. The summed E-state index contributed by atoms with van der Waals surface area (Å²) in [5.74, 6) is 0.991. The van der Waals surface area contributed by atoms with E-state index in [2.05, 4.69) is 24.8 Å². The molecule has 1 atom stereocenters. The van der Waals surface area contributed by atoms with Crippen LogP contribution >= 0.6 is 0 Å². The Bertz CT molecular complexity index is 1330. The summed E-state index contributed by atoms with van der Waals surface area (Å²) in [7, 11) is -3.58. The lowest BCUT2D eigenvalue weighted by atomic mass is 10.1. The molecule has 0 saturated carbocycles. The highest BCUT2D eigenvalue weighted by molar-refractivity contribution is 7.89. The van der Waals surface area contributed by atoms with E-state index in [0.29, 0.717) is 42.5 Å². The van der Waals surface area contributed by atoms with Crippen molar-refractivity contribution in [3.63, 3.8) is 0 Å². The van der Waals surface area contributed by atoms with Crippen molar-refractivity contribution in [2.45, 2.75) is 13.0 Å². The molecule has 0 unspecified atom stereocenters. The summed E-state index contributed by atoms with van der Waals surface area (Å²) in [5.41, 5.74) is 2.26. The summed E-state index contributed by atoms with van der Waals surface area (Å²) in [4.78, 5) is 23.2. The molecule has 5 heterocycles. The average molecular weight is 413 g/mol. The summed E-state index contributed by atoms with van der Waals surface area (Å²) in [6, 6.07) is 1.99. The van der Waals surface area contributed by atoms with Crippen LogP contribution in [0.2, 0.25) is 0 Å². The monoisotopic (exact) mass is 413 g/mol. The van der Waals surface area contributed by atoms with E-state index >= 15 is 0 Å². The summed E-state index contributed by atoms with van der Waals surface area (Å²) in [5, 5.41) is 0.908. The van der Waals surface area contributed by atoms with Crippen LogP contribution in [0.4, 0.5) is 5.82 Å². The second kappa shape index (κ2) is 6.49. The molecule has 0 aliphatic carbocycles. The highest BCUT2D eigenvalue weighted by Gasteiger charge is 2.27. The van der Waals surface area contributed by atoms with Crippen molar-refractivity contribution < 1.29 is 13.2 Å². The number of fused-ring (bicyclic) bond motifs is 2. The van der Waals surface area contributed by atoms with Crippen molar-refractivity contribution in [1.82, 2.24) is 28.9 Å². The molecule has 1 saturated heterocycles. The first-order valence-electron chi connectivity index (χ1n) is 9.15. The maximum Gasteiger partial charge on any atom is 0.238 e. The Labute approximate surface area is 166 Å². The molecule has 0 radical (unpaired) electrons. The molecule has 1 aliphatic rings. The zero-order valence-electron chi connectivity index (χ0n) is 15.9. The van der Waals surface area contributed by atoms with Crippen LogP contribution in [0, 0.1) is 0 Å². The fourth-order valence-corrected chi connectivity index (χ4v) is 4.29. The second-order valence-corrected chi connectivity index (χ2v) is 8.95. The molecule has 0 bridgehead atoms. The van der Waals surface area contributed by atoms with Gasteiger partial charge in [-0.2, -0.15) is 0 Å². The molecule has 0 amide bonds. The lowest BCUT2D eigenvalue weighted by Gasteiger charge is -2.34. The van der Waals surface area contributed by atoms with E-state index in [9.17, 15) is 8.42 Å². The zero-order valence-corrected chi connectivity index (χ0v) is 16.7. The quantitative estimate of drug-likeness (QED) is 0.535. The Kier molecular flexibility index (Phi) is 4.03. The van der Waals surface area contributed by atoms with Crippen LogP contribution in [0.3, 0.4) is 0 Å². The molecule has 1 N–H and O–H groups in total. The largest absolute Gasteiger partial charge is 0.377 e. The molecule has 150 valence electrons. The van der Waals surface area contributed by atoms with Gasteiger partial charge in [-0.3, -0.25) is 4.98 Å². The maximum absolute atomic E-state index is 12.3. The Morgan fingerprint density at radius 2 is 2.14 bits per heavy atom. The van der Waals surface area contributed by atoms with Crippen molar-refractivity contribution in [1.29, 1.82) is 0 Å². The highest BCUT2D eigenvalue weighted by Crippen LogP contribution is 2.31. The van der Waals surface area contributed by atoms with Gasteiger partial charge in [0, 0.05) is 29.9 Å². The first-order valence-corrected chi connectivity index (χ1v) is 11.0. The number of imidazole rings is 1. The molecule has 1 fully saturated rings. The Hall–Kier alpha value is -3.05. The van der Waals surface area contributed by atoms with Crippen molar-refractivity contribution >= 4 is 37.9 Å². The topological polar surface area (TPSA) is 119 Å². The number of pyridine rings is 1. The van der Waals surface area contributed by atoms with E-state index in [1.54, 1.807) is 12.4 Å². The minimum atomic E-state index is -3.58. The van der Waals surface area contributed by atoms with Gasteiger partial charge in [0.25, 0.3) is 0 Å². The van der Waals surface area contributed by atoms with Gasteiger partial charge in [0.2, 0.25) is 10.0 Å². The van der Waals surface area contributed by atoms with Crippen LogP contribution in [-0.2, 0) is 14.8 Å². The molecular formula is C18H19N7O3S. The van der Waals surface area contributed by atoms with Crippen molar-refractivity contribution in [2.75, 3.05) is 30.9 Å². The minimum absolute atomic E-state index is 0.0688. The summed E-state index contributed by atoms with van der Waals surface area (Å²) in [6.07, 6.45) is 7.64. The number of aromatic nitrogens is 6. The zero-order chi connectivity index (χ0) is 20.2. The van der Waals surface area contributed by atoms with Crippen LogP contribution in [0.25, 0.3) is 33.5 Å². The molecule has 10 nitrogen and oxygen atoms in total. The molecule has 5 rings (SSSR count). The van der Waals surface area contributed by atoms with E-state index in [1.807, 2.05) is 19.2 Å². The fraction of sp³-hybridized carbons (Fsp3) is 0.333. The first-order chi connectivity index (χ1) is 13.9. The minimum Gasteiger partial charge on any atom is -0.377 e. The molecule has 0 spiro atoms. The number of morpholine rings is 1. The van der Waals surface area contributed by atoms with Crippen molar-refractivity contribution in [3.8, 4) is 11.4 Å². The van der Waals surface area contributed by atoms with Crippen LogP contribution in [0.15, 0.2) is 31.0 Å². The van der Waals surface area contributed by atoms with E-state index in [4.69, 9.17) is 9.72 Å². The maximum atomic E-state index is 12.3. The SMILES string of the molecule is C[C@@H]1COCCN1c1nc(-c2cncc3[nH]ccc23)nc2c1ncn2S(C)(=O)=O. The number of aromatic amines is 1. The number of hydrogen-bond acceptors (Lipinski definition) is 8. The lowest BCUT2D eigenvalue weighted by molar-refractivity contribution is 0.0987. The van der Waals surface area contributed by atoms with Gasteiger partial charge in [-0.25, -0.2) is 27.3 Å². The second-order valence-electron chi connectivity index (χ2n) is 7.09. The van der Waals surface area contributed by atoms with Gasteiger partial charge in [-0.1, -0.05) is 0 Å². The summed E-state index contributed by atoms with van der Waals surface area (Å²) < 4.78 is 31.2. The normalized spacial score (nSPS) is 18.0. The first kappa shape index (κ1) is 18.0. The lowest BCUT2D eigenvalue weighted by Crippen LogP contribution is -2.44.